The fourth-order valence-corrected chi connectivity index (χ4v) is 3.71. The lowest BCUT2D eigenvalue weighted by molar-refractivity contribution is -0.142. The van der Waals surface area contributed by atoms with Gasteiger partial charge in [0, 0.05) is 50.9 Å². The van der Waals surface area contributed by atoms with Gasteiger partial charge in [-0.25, -0.2) is 0 Å². The van der Waals surface area contributed by atoms with Crippen LogP contribution in [0.1, 0.15) is 10.4 Å². The van der Waals surface area contributed by atoms with Gasteiger partial charge in [0.2, 0.25) is 0 Å². The van der Waals surface area contributed by atoms with Crippen LogP contribution < -0.4 is 4.74 Å². The number of hydrogen-bond donors (Lipinski definition) is 1. The SMILES string of the molecule is COc1ccc(C(=O)N2CCN3CC(C(=O)O)CN(C)CC3C2)cc1. The molecule has 3 rings (SSSR count). The van der Waals surface area contributed by atoms with Crippen molar-refractivity contribution in [3.05, 3.63) is 29.8 Å². The first-order valence-corrected chi connectivity index (χ1v) is 8.56. The maximum absolute atomic E-state index is 12.8. The molecule has 2 saturated heterocycles. The number of carboxylic acid groups (broad SMARTS) is 1. The van der Waals surface area contributed by atoms with Gasteiger partial charge in [-0.3, -0.25) is 14.5 Å². The molecule has 2 heterocycles. The molecule has 136 valence electrons. The zero-order valence-electron chi connectivity index (χ0n) is 14.7. The van der Waals surface area contributed by atoms with E-state index in [4.69, 9.17) is 4.74 Å². The second kappa shape index (κ2) is 7.41. The van der Waals surface area contributed by atoms with Crippen LogP contribution in [0.4, 0.5) is 0 Å². The molecule has 7 heteroatoms. The minimum atomic E-state index is -0.746. The number of carbonyl (C=O) groups excluding carboxylic acids is 1. The number of amides is 1. The van der Waals surface area contributed by atoms with E-state index in [2.05, 4.69) is 9.80 Å². The number of carboxylic acids is 1. The van der Waals surface area contributed by atoms with Crippen LogP contribution in [0.5, 0.6) is 5.75 Å². The monoisotopic (exact) mass is 347 g/mol. The van der Waals surface area contributed by atoms with Gasteiger partial charge >= 0.3 is 5.97 Å². The van der Waals surface area contributed by atoms with Crippen molar-refractivity contribution in [3.63, 3.8) is 0 Å². The summed E-state index contributed by atoms with van der Waals surface area (Å²) in [6.07, 6.45) is 0. The van der Waals surface area contributed by atoms with Gasteiger partial charge in [-0.2, -0.15) is 0 Å². The molecule has 1 amide bonds. The van der Waals surface area contributed by atoms with E-state index in [1.165, 1.54) is 0 Å². The highest BCUT2D eigenvalue weighted by Crippen LogP contribution is 2.20. The zero-order valence-corrected chi connectivity index (χ0v) is 14.7. The molecule has 25 heavy (non-hydrogen) atoms. The number of piperazine rings is 1. The number of carbonyl (C=O) groups is 2. The van der Waals surface area contributed by atoms with Crippen molar-refractivity contribution in [2.45, 2.75) is 6.04 Å². The fourth-order valence-electron chi connectivity index (χ4n) is 3.71. The molecule has 0 bridgehead atoms. The first kappa shape index (κ1) is 17.7. The number of aliphatic carboxylic acids is 1. The van der Waals surface area contributed by atoms with Crippen LogP contribution >= 0.6 is 0 Å². The van der Waals surface area contributed by atoms with Crippen LogP contribution in [-0.4, -0.2) is 91.2 Å². The topological polar surface area (TPSA) is 73.3 Å². The second-order valence-corrected chi connectivity index (χ2v) is 6.88. The third-order valence-corrected chi connectivity index (χ3v) is 5.09. The summed E-state index contributed by atoms with van der Waals surface area (Å²) in [5.41, 5.74) is 0.652. The zero-order chi connectivity index (χ0) is 18.0. The molecular weight excluding hydrogens is 322 g/mol. The number of methoxy groups -OCH3 is 1. The molecule has 2 unspecified atom stereocenters. The van der Waals surface area contributed by atoms with Crippen LogP contribution in [0.15, 0.2) is 24.3 Å². The van der Waals surface area contributed by atoms with Crippen molar-refractivity contribution < 1.29 is 19.4 Å². The van der Waals surface area contributed by atoms with Crippen molar-refractivity contribution in [2.24, 2.45) is 5.92 Å². The summed E-state index contributed by atoms with van der Waals surface area (Å²) in [6, 6.07) is 7.33. The average Bonchev–Trinajstić information content (AvgIpc) is 2.78. The number of ether oxygens (including phenoxy) is 1. The summed E-state index contributed by atoms with van der Waals surface area (Å²) >= 11 is 0. The van der Waals surface area contributed by atoms with Crippen molar-refractivity contribution in [1.29, 1.82) is 0 Å². The molecule has 0 aliphatic carbocycles. The molecule has 0 saturated carbocycles. The van der Waals surface area contributed by atoms with Crippen LogP contribution in [0.3, 0.4) is 0 Å². The predicted octanol–water partition coefficient (Wildman–Crippen LogP) is 0.468. The quantitative estimate of drug-likeness (QED) is 0.857. The van der Waals surface area contributed by atoms with E-state index in [0.717, 1.165) is 12.3 Å². The summed E-state index contributed by atoms with van der Waals surface area (Å²) in [5, 5.41) is 9.37. The van der Waals surface area contributed by atoms with Gasteiger partial charge in [-0.1, -0.05) is 0 Å². The highest BCUT2D eigenvalue weighted by molar-refractivity contribution is 5.94. The smallest absolute Gasteiger partial charge is 0.309 e. The Bertz CT molecular complexity index is 634. The molecule has 0 aromatic heterocycles. The summed E-state index contributed by atoms with van der Waals surface area (Å²) in [6.45, 7) is 3.84. The first-order chi connectivity index (χ1) is 12.0. The number of benzene rings is 1. The van der Waals surface area contributed by atoms with Gasteiger partial charge < -0.3 is 19.6 Å². The van der Waals surface area contributed by atoms with Gasteiger partial charge in [0.25, 0.3) is 5.91 Å². The predicted molar refractivity (Wildman–Crippen MR) is 92.9 cm³/mol. The summed E-state index contributed by atoms with van der Waals surface area (Å²) in [5.74, 6) is -0.376. The second-order valence-electron chi connectivity index (χ2n) is 6.88. The van der Waals surface area contributed by atoms with Crippen molar-refractivity contribution >= 4 is 11.9 Å². The van der Waals surface area contributed by atoms with E-state index in [9.17, 15) is 14.7 Å². The van der Waals surface area contributed by atoms with Gasteiger partial charge in [-0.15, -0.1) is 0 Å². The average molecular weight is 347 g/mol. The number of rotatable bonds is 3. The number of likely N-dealkylation sites (N-methyl/N-ethyl adjacent to an activating group) is 1. The summed E-state index contributed by atoms with van der Waals surface area (Å²) in [7, 11) is 3.55. The molecule has 2 aliphatic heterocycles. The molecule has 1 N–H and O–H groups in total. The summed E-state index contributed by atoms with van der Waals surface area (Å²) in [4.78, 5) is 30.3. The molecule has 2 aliphatic rings. The van der Waals surface area contributed by atoms with Gasteiger partial charge in [0.05, 0.1) is 13.0 Å². The molecule has 2 fully saturated rings. The maximum atomic E-state index is 12.8. The molecular formula is C18H25N3O4. The Morgan fingerprint density at radius 2 is 1.80 bits per heavy atom. The van der Waals surface area contributed by atoms with Crippen LogP contribution in [-0.2, 0) is 4.79 Å². The highest BCUT2D eigenvalue weighted by atomic mass is 16.5. The first-order valence-electron chi connectivity index (χ1n) is 8.56. The molecule has 1 aromatic rings. The minimum Gasteiger partial charge on any atom is -0.497 e. The minimum absolute atomic E-state index is 0.0176. The van der Waals surface area contributed by atoms with Crippen molar-refractivity contribution in [3.8, 4) is 5.75 Å². The van der Waals surface area contributed by atoms with E-state index in [1.54, 1.807) is 31.4 Å². The lowest BCUT2D eigenvalue weighted by atomic mass is 10.1. The third-order valence-electron chi connectivity index (χ3n) is 5.09. The lowest BCUT2D eigenvalue weighted by Crippen LogP contribution is -2.57. The Hall–Kier alpha value is -2.12. The lowest BCUT2D eigenvalue weighted by Gasteiger charge is -2.41. The van der Waals surface area contributed by atoms with E-state index in [-0.39, 0.29) is 17.9 Å². The molecule has 0 radical (unpaired) electrons. The Kier molecular flexibility index (Phi) is 5.24. The normalized spacial score (nSPS) is 25.1. The van der Waals surface area contributed by atoms with Gasteiger partial charge in [-0.05, 0) is 31.3 Å². The molecule has 2 atom stereocenters. The Morgan fingerprint density at radius 3 is 2.44 bits per heavy atom. The summed E-state index contributed by atoms with van der Waals surface area (Å²) < 4.78 is 5.14. The van der Waals surface area contributed by atoms with Crippen LogP contribution in [0, 0.1) is 5.92 Å². The van der Waals surface area contributed by atoms with E-state index in [0.29, 0.717) is 38.3 Å². The van der Waals surface area contributed by atoms with Crippen molar-refractivity contribution in [2.75, 3.05) is 53.4 Å². The van der Waals surface area contributed by atoms with Crippen LogP contribution in [0.2, 0.25) is 0 Å². The maximum Gasteiger partial charge on any atom is 0.309 e. The Balaban J connectivity index is 1.69. The fraction of sp³-hybridized carbons (Fsp3) is 0.556. The largest absolute Gasteiger partial charge is 0.497 e. The Morgan fingerprint density at radius 1 is 1.08 bits per heavy atom. The molecule has 1 aromatic carbocycles. The highest BCUT2D eigenvalue weighted by Gasteiger charge is 2.36. The molecule has 7 nitrogen and oxygen atoms in total. The van der Waals surface area contributed by atoms with Gasteiger partial charge in [0.15, 0.2) is 0 Å². The van der Waals surface area contributed by atoms with E-state index >= 15 is 0 Å². The molecule has 0 spiro atoms. The number of fused-ring (bicyclic) bond motifs is 1. The number of nitrogens with zero attached hydrogens (tertiary/aromatic N) is 3. The number of hydrogen-bond acceptors (Lipinski definition) is 5. The van der Waals surface area contributed by atoms with E-state index < -0.39 is 5.97 Å². The Labute approximate surface area is 147 Å². The van der Waals surface area contributed by atoms with Gasteiger partial charge in [0.1, 0.15) is 5.75 Å². The van der Waals surface area contributed by atoms with Crippen molar-refractivity contribution in [1.82, 2.24) is 14.7 Å². The standard InChI is InChI=1S/C18H25N3O4/c1-19-9-14(18(23)24)10-20-7-8-21(12-15(20)11-19)17(22)13-3-5-16(25-2)6-4-13/h3-6,14-15H,7-12H2,1-2H3,(H,23,24). The van der Waals surface area contributed by atoms with E-state index in [1.807, 2.05) is 11.9 Å². The third kappa shape index (κ3) is 3.93. The van der Waals surface area contributed by atoms with Crippen LogP contribution in [0.25, 0.3) is 0 Å².